The van der Waals surface area contributed by atoms with Crippen LogP contribution in [0.15, 0.2) is 6.07 Å². The van der Waals surface area contributed by atoms with E-state index in [0.717, 1.165) is 49.8 Å². The number of ether oxygens (including phenoxy) is 1. The lowest BCUT2D eigenvalue weighted by atomic mass is 9.94. The molecule has 0 aromatic carbocycles. The Kier molecular flexibility index (Phi) is 5.40. The van der Waals surface area contributed by atoms with Crippen LogP contribution < -0.4 is 22.1 Å². The molecule has 3 aliphatic rings. The van der Waals surface area contributed by atoms with Gasteiger partial charge in [0.1, 0.15) is 5.82 Å². The van der Waals surface area contributed by atoms with Gasteiger partial charge in [0.15, 0.2) is 0 Å². The van der Waals surface area contributed by atoms with Crippen LogP contribution in [-0.4, -0.2) is 47.0 Å². The number of aromatic nitrogens is 1. The third-order valence-electron chi connectivity index (χ3n) is 6.53. The summed E-state index contributed by atoms with van der Waals surface area (Å²) in [5, 5.41) is 5.97. The first kappa shape index (κ1) is 20.6. The highest BCUT2D eigenvalue weighted by Gasteiger charge is 2.56. The average molecular weight is 415 g/mol. The van der Waals surface area contributed by atoms with E-state index >= 15 is 0 Å². The van der Waals surface area contributed by atoms with E-state index in [0.29, 0.717) is 25.1 Å². The molecule has 1 saturated heterocycles. The van der Waals surface area contributed by atoms with Gasteiger partial charge in [-0.3, -0.25) is 14.4 Å². The van der Waals surface area contributed by atoms with Gasteiger partial charge in [-0.1, -0.05) is 0 Å². The number of carbonyl (C=O) groups excluding carboxylic acids is 3. The topological polar surface area (TPSA) is 149 Å². The second-order valence-electron chi connectivity index (χ2n) is 8.86. The van der Waals surface area contributed by atoms with Crippen LogP contribution in [0.5, 0.6) is 0 Å². The molecule has 1 aliphatic heterocycles. The van der Waals surface area contributed by atoms with Crippen molar-refractivity contribution in [1.82, 2.24) is 15.6 Å². The number of carbonyl (C=O) groups is 3. The Morgan fingerprint density at radius 3 is 2.70 bits per heavy atom. The van der Waals surface area contributed by atoms with E-state index in [-0.39, 0.29) is 30.5 Å². The number of anilines is 1. The van der Waals surface area contributed by atoms with Gasteiger partial charge in [-0.2, -0.15) is 0 Å². The van der Waals surface area contributed by atoms with Crippen molar-refractivity contribution in [3.8, 4) is 0 Å². The third-order valence-corrected chi connectivity index (χ3v) is 6.53. The number of pyridine rings is 1. The van der Waals surface area contributed by atoms with Crippen LogP contribution in [0.1, 0.15) is 66.6 Å². The van der Waals surface area contributed by atoms with Crippen molar-refractivity contribution in [2.75, 3.05) is 18.9 Å². The fraction of sp³-hybridized carbons (Fsp3) is 0.619. The first-order valence-corrected chi connectivity index (χ1v) is 10.6. The Balaban J connectivity index is 1.38. The largest absolute Gasteiger partial charge is 0.383 e. The second-order valence-corrected chi connectivity index (χ2v) is 8.86. The lowest BCUT2D eigenvalue weighted by Gasteiger charge is -2.29. The normalized spacial score (nSPS) is 26.8. The second kappa shape index (κ2) is 7.86. The molecule has 30 heavy (non-hydrogen) atoms. The fourth-order valence-corrected chi connectivity index (χ4v) is 4.87. The van der Waals surface area contributed by atoms with Gasteiger partial charge in [-0.05, 0) is 50.2 Å². The van der Waals surface area contributed by atoms with Gasteiger partial charge in [-0.15, -0.1) is 0 Å². The van der Waals surface area contributed by atoms with Crippen LogP contribution in [-0.2, 0) is 27.2 Å². The molecule has 9 heteroatoms. The maximum absolute atomic E-state index is 13.0. The van der Waals surface area contributed by atoms with Crippen molar-refractivity contribution in [1.29, 1.82) is 0 Å². The van der Waals surface area contributed by atoms with E-state index in [4.69, 9.17) is 16.2 Å². The van der Waals surface area contributed by atoms with Crippen LogP contribution >= 0.6 is 0 Å². The zero-order valence-electron chi connectivity index (χ0n) is 17.1. The van der Waals surface area contributed by atoms with E-state index in [1.807, 2.05) is 6.07 Å². The van der Waals surface area contributed by atoms with Gasteiger partial charge in [0.2, 0.25) is 11.8 Å². The minimum absolute atomic E-state index is 0.0237. The highest BCUT2D eigenvalue weighted by Crippen LogP contribution is 2.47. The van der Waals surface area contributed by atoms with Crippen molar-refractivity contribution in [2.45, 2.75) is 68.9 Å². The fourth-order valence-electron chi connectivity index (χ4n) is 4.87. The standard InChI is InChI=1S/C21H29N5O4/c22-16(27)5-6-17(28)24-11-21-8-7-20(10-21,12-30-21)26-19(29)14-9-13-3-1-2-4-15(13)25-18(14)23/h9H,1-8,10-12H2,(H2,22,27)(H2,23,25)(H,24,28)(H,26,29). The summed E-state index contributed by atoms with van der Waals surface area (Å²) in [4.78, 5) is 40.2. The van der Waals surface area contributed by atoms with E-state index < -0.39 is 17.0 Å². The highest BCUT2D eigenvalue weighted by atomic mass is 16.5. The summed E-state index contributed by atoms with van der Waals surface area (Å²) >= 11 is 0. The average Bonchev–Trinajstić information content (AvgIpc) is 3.26. The predicted molar refractivity (Wildman–Crippen MR) is 109 cm³/mol. The number of rotatable bonds is 7. The molecule has 9 nitrogen and oxygen atoms in total. The van der Waals surface area contributed by atoms with E-state index in [1.165, 1.54) is 0 Å². The van der Waals surface area contributed by atoms with Gasteiger partial charge < -0.3 is 26.8 Å². The number of amides is 3. The zero-order valence-corrected chi connectivity index (χ0v) is 17.1. The van der Waals surface area contributed by atoms with Crippen LogP contribution in [0.3, 0.4) is 0 Å². The van der Waals surface area contributed by atoms with Gasteiger partial charge in [-0.25, -0.2) is 4.98 Å². The van der Waals surface area contributed by atoms with Crippen molar-refractivity contribution in [3.05, 3.63) is 22.9 Å². The molecule has 0 radical (unpaired) electrons. The molecule has 1 saturated carbocycles. The Morgan fingerprint density at radius 1 is 1.17 bits per heavy atom. The first-order valence-electron chi connectivity index (χ1n) is 10.6. The maximum Gasteiger partial charge on any atom is 0.255 e. The maximum atomic E-state index is 13.0. The molecule has 1 aromatic rings. The lowest BCUT2D eigenvalue weighted by Crippen LogP contribution is -2.48. The summed E-state index contributed by atoms with van der Waals surface area (Å²) < 4.78 is 6.01. The molecule has 2 fully saturated rings. The lowest BCUT2D eigenvalue weighted by molar-refractivity contribution is -0.126. The zero-order chi connectivity index (χ0) is 21.4. The van der Waals surface area contributed by atoms with Crippen molar-refractivity contribution in [3.63, 3.8) is 0 Å². The minimum Gasteiger partial charge on any atom is -0.383 e. The van der Waals surface area contributed by atoms with Crippen molar-refractivity contribution >= 4 is 23.5 Å². The number of nitrogens with one attached hydrogen (secondary N) is 2. The first-order chi connectivity index (χ1) is 14.3. The molecule has 2 heterocycles. The van der Waals surface area contributed by atoms with Gasteiger partial charge >= 0.3 is 0 Å². The number of primary amides is 1. The summed E-state index contributed by atoms with van der Waals surface area (Å²) in [6, 6.07) is 1.89. The number of fused-ring (bicyclic) bond motifs is 3. The van der Waals surface area contributed by atoms with Crippen LogP contribution in [0, 0.1) is 0 Å². The Labute approximate surface area is 175 Å². The molecule has 4 rings (SSSR count). The summed E-state index contributed by atoms with van der Waals surface area (Å²) in [5.74, 6) is -0.679. The summed E-state index contributed by atoms with van der Waals surface area (Å²) in [7, 11) is 0. The molecule has 2 bridgehead atoms. The van der Waals surface area contributed by atoms with Gasteiger partial charge in [0, 0.05) is 31.5 Å². The minimum atomic E-state index is -0.501. The van der Waals surface area contributed by atoms with E-state index in [9.17, 15) is 14.4 Å². The molecular weight excluding hydrogens is 386 g/mol. The summed E-state index contributed by atoms with van der Waals surface area (Å²) in [6.07, 6.45) is 6.27. The number of nitrogens with zero attached hydrogens (tertiary/aromatic N) is 1. The predicted octanol–water partition coefficient (Wildman–Crippen LogP) is 0.346. The van der Waals surface area contributed by atoms with Crippen molar-refractivity contribution in [2.24, 2.45) is 5.73 Å². The molecule has 2 unspecified atom stereocenters. The Hall–Kier alpha value is -2.68. The van der Waals surface area contributed by atoms with Crippen molar-refractivity contribution < 1.29 is 19.1 Å². The molecule has 162 valence electrons. The molecule has 2 atom stereocenters. The number of hydrogen-bond acceptors (Lipinski definition) is 6. The monoisotopic (exact) mass is 415 g/mol. The quantitative estimate of drug-likeness (QED) is 0.505. The molecule has 0 spiro atoms. The van der Waals surface area contributed by atoms with Gasteiger partial charge in [0.25, 0.3) is 5.91 Å². The SMILES string of the molecule is NC(=O)CCC(=O)NCC12CCC(NC(=O)c3cc4c(nc3N)CCCC4)(CO1)C2. The van der Waals surface area contributed by atoms with Crippen LogP contribution in [0.2, 0.25) is 0 Å². The van der Waals surface area contributed by atoms with E-state index in [2.05, 4.69) is 15.6 Å². The number of nitrogens with two attached hydrogens (primary N) is 2. The highest BCUT2D eigenvalue weighted by molar-refractivity contribution is 5.99. The third kappa shape index (κ3) is 4.12. The summed E-state index contributed by atoms with van der Waals surface area (Å²) in [6.45, 7) is 0.749. The smallest absolute Gasteiger partial charge is 0.255 e. The molecule has 6 N–H and O–H groups in total. The molecule has 3 amide bonds. The number of nitrogen functional groups attached to an aromatic ring is 1. The van der Waals surface area contributed by atoms with Crippen LogP contribution in [0.4, 0.5) is 5.82 Å². The molecule has 1 aromatic heterocycles. The number of hydrogen-bond donors (Lipinski definition) is 4. The van der Waals surface area contributed by atoms with Gasteiger partial charge in [0.05, 0.1) is 23.3 Å². The number of aryl methyl sites for hydroxylation is 2. The van der Waals surface area contributed by atoms with E-state index in [1.54, 1.807) is 0 Å². The Morgan fingerprint density at radius 2 is 1.97 bits per heavy atom. The molecule has 2 aliphatic carbocycles. The Bertz CT molecular complexity index is 876. The molecular formula is C21H29N5O4. The summed E-state index contributed by atoms with van der Waals surface area (Å²) in [5.41, 5.74) is 12.8. The van der Waals surface area contributed by atoms with Crippen LogP contribution in [0.25, 0.3) is 0 Å².